The molecule has 92 valence electrons. The van der Waals surface area contributed by atoms with Crippen molar-refractivity contribution in [3.63, 3.8) is 0 Å². The highest BCUT2D eigenvalue weighted by Crippen LogP contribution is 2.54. The fraction of sp³-hybridized carbons (Fsp3) is 0.867. The highest BCUT2D eigenvalue weighted by atomic mass is 16.3. The van der Waals surface area contributed by atoms with Crippen LogP contribution in [0, 0.1) is 10.8 Å². The maximum atomic E-state index is 10.2. The van der Waals surface area contributed by atoms with Gasteiger partial charge in [0.2, 0.25) is 0 Å². The Hall–Kier alpha value is -0.300. The number of aliphatic hydroxyl groups excluding tert-OH is 1. The van der Waals surface area contributed by atoms with Crippen LogP contribution in [0.2, 0.25) is 0 Å². The summed E-state index contributed by atoms with van der Waals surface area (Å²) in [7, 11) is 0. The second kappa shape index (κ2) is 4.18. The Kier molecular flexibility index (Phi) is 3.18. The molecule has 2 atom stereocenters. The molecule has 0 spiro atoms. The van der Waals surface area contributed by atoms with Gasteiger partial charge in [-0.25, -0.2) is 0 Å². The third-order valence-electron chi connectivity index (χ3n) is 5.35. The molecule has 1 nitrogen and oxygen atoms in total. The molecule has 1 fully saturated rings. The van der Waals surface area contributed by atoms with E-state index in [9.17, 15) is 5.11 Å². The molecule has 2 aliphatic rings. The van der Waals surface area contributed by atoms with E-state index in [1.807, 2.05) is 0 Å². The summed E-state index contributed by atoms with van der Waals surface area (Å²) in [6.07, 6.45) is 10.9. The van der Waals surface area contributed by atoms with Gasteiger partial charge in [-0.1, -0.05) is 38.8 Å². The van der Waals surface area contributed by atoms with E-state index >= 15 is 0 Å². The van der Waals surface area contributed by atoms with Crippen LogP contribution in [-0.2, 0) is 0 Å². The molecule has 0 amide bonds. The molecule has 0 saturated heterocycles. The summed E-state index contributed by atoms with van der Waals surface area (Å²) in [6.45, 7) is 6.90. The Balaban J connectivity index is 2.14. The zero-order chi connectivity index (χ0) is 11.8. The fourth-order valence-corrected chi connectivity index (χ4v) is 3.49. The first-order valence-corrected chi connectivity index (χ1v) is 6.82. The van der Waals surface area contributed by atoms with Crippen molar-refractivity contribution >= 4 is 0 Å². The highest BCUT2D eigenvalue weighted by molar-refractivity contribution is 5.13. The zero-order valence-corrected chi connectivity index (χ0v) is 11.1. The third kappa shape index (κ3) is 1.95. The Bertz CT molecular complexity index is 290. The zero-order valence-electron chi connectivity index (χ0n) is 11.1. The van der Waals surface area contributed by atoms with Gasteiger partial charge in [0.25, 0.3) is 0 Å². The molecule has 16 heavy (non-hydrogen) atoms. The lowest BCUT2D eigenvalue weighted by molar-refractivity contribution is -0.0820. The lowest BCUT2D eigenvalue weighted by Gasteiger charge is -2.51. The highest BCUT2D eigenvalue weighted by Gasteiger charge is 2.48. The fourth-order valence-electron chi connectivity index (χ4n) is 3.49. The Morgan fingerprint density at radius 2 is 2.06 bits per heavy atom. The molecular formula is C15H26O. The number of hydrogen-bond acceptors (Lipinski definition) is 1. The van der Waals surface area contributed by atoms with Gasteiger partial charge in [-0.15, -0.1) is 0 Å². The van der Waals surface area contributed by atoms with Crippen LogP contribution in [-0.4, -0.2) is 11.2 Å². The minimum atomic E-state index is -0.117. The van der Waals surface area contributed by atoms with Gasteiger partial charge in [0.05, 0.1) is 6.10 Å². The monoisotopic (exact) mass is 222 g/mol. The van der Waals surface area contributed by atoms with E-state index in [-0.39, 0.29) is 11.5 Å². The average Bonchev–Trinajstić information content (AvgIpc) is 2.67. The van der Waals surface area contributed by atoms with Crippen molar-refractivity contribution in [3.05, 3.63) is 11.6 Å². The van der Waals surface area contributed by atoms with Crippen LogP contribution < -0.4 is 0 Å². The molecule has 0 aliphatic heterocycles. The topological polar surface area (TPSA) is 20.2 Å². The second-order valence-corrected chi connectivity index (χ2v) is 6.62. The van der Waals surface area contributed by atoms with Crippen molar-refractivity contribution in [2.45, 2.75) is 71.8 Å². The number of allylic oxidation sites excluding steroid dienone is 2. The molecule has 0 aromatic rings. The van der Waals surface area contributed by atoms with E-state index in [4.69, 9.17) is 0 Å². The number of hydrogen-bond donors (Lipinski definition) is 1. The molecule has 0 heterocycles. The first-order chi connectivity index (χ1) is 7.46. The molecule has 1 saturated carbocycles. The molecule has 0 bridgehead atoms. The number of rotatable bonds is 2. The molecule has 2 aliphatic carbocycles. The summed E-state index contributed by atoms with van der Waals surface area (Å²) in [5, 5.41) is 10.2. The lowest BCUT2D eigenvalue weighted by Crippen LogP contribution is -2.47. The molecule has 2 unspecified atom stereocenters. The Morgan fingerprint density at radius 1 is 1.31 bits per heavy atom. The van der Waals surface area contributed by atoms with Crippen molar-refractivity contribution in [3.8, 4) is 0 Å². The largest absolute Gasteiger partial charge is 0.393 e. The van der Waals surface area contributed by atoms with Crippen molar-refractivity contribution in [1.29, 1.82) is 0 Å². The Morgan fingerprint density at radius 3 is 2.69 bits per heavy atom. The SMILES string of the molecule is CC1(CC2=CCCC2)CCCC(O)C1(C)C. The summed E-state index contributed by atoms with van der Waals surface area (Å²) in [4.78, 5) is 0. The minimum absolute atomic E-state index is 0.0642. The molecule has 1 N–H and O–H groups in total. The summed E-state index contributed by atoms with van der Waals surface area (Å²) in [5.41, 5.74) is 2.00. The molecule has 0 aromatic heterocycles. The first kappa shape index (κ1) is 12.2. The minimum Gasteiger partial charge on any atom is -0.393 e. The maximum Gasteiger partial charge on any atom is 0.0596 e. The van der Waals surface area contributed by atoms with E-state index in [0.717, 1.165) is 6.42 Å². The molecule has 1 heteroatoms. The van der Waals surface area contributed by atoms with E-state index < -0.39 is 0 Å². The van der Waals surface area contributed by atoms with Crippen LogP contribution in [0.15, 0.2) is 11.6 Å². The molecule has 2 rings (SSSR count). The summed E-state index contributed by atoms with van der Waals surface area (Å²) < 4.78 is 0. The summed E-state index contributed by atoms with van der Waals surface area (Å²) in [6, 6.07) is 0. The maximum absolute atomic E-state index is 10.2. The van der Waals surface area contributed by atoms with Crippen LogP contribution in [0.5, 0.6) is 0 Å². The molecule has 0 radical (unpaired) electrons. The van der Waals surface area contributed by atoms with Crippen molar-refractivity contribution in [1.82, 2.24) is 0 Å². The van der Waals surface area contributed by atoms with Gasteiger partial charge in [-0.05, 0) is 49.4 Å². The van der Waals surface area contributed by atoms with Gasteiger partial charge in [-0.3, -0.25) is 0 Å². The summed E-state index contributed by atoms with van der Waals surface area (Å²) >= 11 is 0. The first-order valence-electron chi connectivity index (χ1n) is 6.82. The van der Waals surface area contributed by atoms with Gasteiger partial charge in [-0.2, -0.15) is 0 Å². The van der Waals surface area contributed by atoms with Crippen LogP contribution in [0.4, 0.5) is 0 Å². The quantitative estimate of drug-likeness (QED) is 0.698. The standard InChI is InChI=1S/C15H26O/c1-14(2)13(16)9-6-10-15(14,3)11-12-7-4-5-8-12/h7,13,16H,4-6,8-11H2,1-3H3. The molecule has 0 aromatic carbocycles. The predicted octanol–water partition coefficient (Wildman–Crippen LogP) is 4.06. The van der Waals surface area contributed by atoms with E-state index in [2.05, 4.69) is 26.8 Å². The van der Waals surface area contributed by atoms with E-state index in [1.165, 1.54) is 38.5 Å². The third-order valence-corrected chi connectivity index (χ3v) is 5.35. The van der Waals surface area contributed by atoms with Crippen molar-refractivity contribution in [2.75, 3.05) is 0 Å². The van der Waals surface area contributed by atoms with Crippen LogP contribution in [0.25, 0.3) is 0 Å². The van der Waals surface area contributed by atoms with Gasteiger partial charge >= 0.3 is 0 Å². The van der Waals surface area contributed by atoms with Crippen LogP contribution >= 0.6 is 0 Å². The van der Waals surface area contributed by atoms with Gasteiger partial charge in [0.15, 0.2) is 0 Å². The van der Waals surface area contributed by atoms with Crippen LogP contribution in [0.3, 0.4) is 0 Å². The van der Waals surface area contributed by atoms with Crippen molar-refractivity contribution in [2.24, 2.45) is 10.8 Å². The van der Waals surface area contributed by atoms with Crippen LogP contribution in [0.1, 0.15) is 65.7 Å². The summed E-state index contributed by atoms with van der Waals surface area (Å²) in [5.74, 6) is 0. The van der Waals surface area contributed by atoms with Gasteiger partial charge in [0.1, 0.15) is 0 Å². The number of aliphatic hydroxyl groups is 1. The molecular weight excluding hydrogens is 196 g/mol. The normalized spacial score (nSPS) is 38.5. The average molecular weight is 222 g/mol. The van der Waals surface area contributed by atoms with E-state index in [1.54, 1.807) is 5.57 Å². The van der Waals surface area contributed by atoms with E-state index in [0.29, 0.717) is 5.41 Å². The predicted molar refractivity (Wildman–Crippen MR) is 68.3 cm³/mol. The second-order valence-electron chi connectivity index (χ2n) is 6.62. The van der Waals surface area contributed by atoms with Crippen molar-refractivity contribution < 1.29 is 5.11 Å². The van der Waals surface area contributed by atoms with Gasteiger partial charge in [0, 0.05) is 0 Å². The van der Waals surface area contributed by atoms with Gasteiger partial charge < -0.3 is 5.11 Å². The smallest absolute Gasteiger partial charge is 0.0596 e. The lowest BCUT2D eigenvalue weighted by atomic mass is 9.55. The Labute approximate surface area is 99.9 Å².